The second kappa shape index (κ2) is 7.67. The zero-order chi connectivity index (χ0) is 22.5. The number of hydrogen-bond donors (Lipinski definition) is 1. The summed E-state index contributed by atoms with van der Waals surface area (Å²) in [4.78, 5) is 42.2. The molecule has 0 saturated carbocycles. The molecule has 2 atom stereocenters. The molecule has 0 aromatic heterocycles. The third-order valence-corrected chi connectivity index (χ3v) is 7.09. The molecule has 2 amide bonds. The Labute approximate surface area is 190 Å². The molecule has 1 spiro atoms. The van der Waals surface area contributed by atoms with Gasteiger partial charge in [-0.25, -0.2) is 0 Å². The van der Waals surface area contributed by atoms with Crippen LogP contribution in [0.15, 0.2) is 48.5 Å². The van der Waals surface area contributed by atoms with Gasteiger partial charge in [0.05, 0.1) is 16.7 Å². The third kappa shape index (κ3) is 2.99. The van der Waals surface area contributed by atoms with Gasteiger partial charge >= 0.3 is 0 Å². The van der Waals surface area contributed by atoms with Crippen molar-refractivity contribution in [3.05, 3.63) is 64.2 Å². The van der Waals surface area contributed by atoms with Gasteiger partial charge in [-0.2, -0.15) is 0 Å². The highest BCUT2D eigenvalue weighted by molar-refractivity contribution is 7.80. The minimum Gasteiger partial charge on any atom is -0.367 e. The summed E-state index contributed by atoms with van der Waals surface area (Å²) in [6.07, 6.45) is 3.62. The summed E-state index contributed by atoms with van der Waals surface area (Å²) in [5, 5.41) is 14.3. The molecule has 2 aromatic rings. The molecule has 2 aromatic carbocycles. The fourth-order valence-electron chi connectivity index (χ4n) is 5.35. The van der Waals surface area contributed by atoms with Crippen LogP contribution in [-0.4, -0.2) is 34.4 Å². The Bertz CT molecular complexity index is 1140. The normalized spacial score (nSPS) is 25.1. The number of carbonyl (C=O) groups is 2. The van der Waals surface area contributed by atoms with Crippen molar-refractivity contribution in [1.29, 1.82) is 0 Å². The molecule has 0 aliphatic carbocycles. The number of nitrogens with one attached hydrogen (secondary N) is 1. The molecule has 32 heavy (non-hydrogen) atoms. The van der Waals surface area contributed by atoms with Crippen LogP contribution in [0.1, 0.15) is 31.2 Å². The molecule has 0 radical (unpaired) electrons. The maximum Gasteiger partial charge on any atom is 0.269 e. The number of rotatable bonds is 2. The Kier molecular flexibility index (Phi) is 4.93. The van der Waals surface area contributed by atoms with E-state index in [1.54, 1.807) is 18.2 Å². The first-order valence-electron chi connectivity index (χ1n) is 10.7. The Morgan fingerprint density at radius 3 is 2.62 bits per heavy atom. The van der Waals surface area contributed by atoms with Gasteiger partial charge in [-0.1, -0.05) is 31.0 Å². The van der Waals surface area contributed by atoms with Gasteiger partial charge in [-0.3, -0.25) is 24.6 Å². The maximum absolute atomic E-state index is 14.1. The fourth-order valence-corrected chi connectivity index (χ4v) is 5.63. The number of amides is 2. The molecule has 3 aliphatic heterocycles. The minimum atomic E-state index is -1.41. The van der Waals surface area contributed by atoms with Crippen molar-refractivity contribution in [2.24, 2.45) is 5.41 Å². The first-order chi connectivity index (χ1) is 15.4. The summed E-state index contributed by atoms with van der Waals surface area (Å²) < 4.78 is 0. The second-order valence-corrected chi connectivity index (χ2v) is 8.90. The Hall–Kier alpha value is -3.33. The van der Waals surface area contributed by atoms with Crippen LogP contribution in [0.2, 0.25) is 0 Å². The van der Waals surface area contributed by atoms with Gasteiger partial charge in [0, 0.05) is 30.8 Å². The second-order valence-electron chi connectivity index (χ2n) is 8.51. The summed E-state index contributed by atoms with van der Waals surface area (Å²) in [6.45, 7) is 0.688. The molecule has 8 nitrogen and oxygen atoms in total. The molecular formula is C23H22N4O4S. The van der Waals surface area contributed by atoms with Gasteiger partial charge in [0.1, 0.15) is 0 Å². The summed E-state index contributed by atoms with van der Waals surface area (Å²) in [5.41, 5.74) is 0.637. The predicted octanol–water partition coefficient (Wildman–Crippen LogP) is 3.33. The van der Waals surface area contributed by atoms with Crippen molar-refractivity contribution in [2.45, 2.75) is 38.1 Å². The molecule has 0 unspecified atom stereocenters. The van der Waals surface area contributed by atoms with Crippen molar-refractivity contribution in [2.75, 3.05) is 16.3 Å². The molecule has 3 aliphatic rings. The summed E-state index contributed by atoms with van der Waals surface area (Å²) in [6, 6.07) is 13.4. The Morgan fingerprint density at radius 1 is 1.09 bits per heavy atom. The lowest BCUT2D eigenvalue weighted by Crippen LogP contribution is -2.72. The molecule has 5 rings (SSSR count). The van der Waals surface area contributed by atoms with Crippen molar-refractivity contribution in [1.82, 2.24) is 5.32 Å². The van der Waals surface area contributed by atoms with Crippen LogP contribution >= 0.6 is 12.2 Å². The smallest absolute Gasteiger partial charge is 0.269 e. The summed E-state index contributed by atoms with van der Waals surface area (Å²) in [7, 11) is 0. The largest absolute Gasteiger partial charge is 0.367 e. The van der Waals surface area contributed by atoms with Crippen LogP contribution in [0.3, 0.4) is 0 Å². The quantitative estimate of drug-likeness (QED) is 0.326. The van der Waals surface area contributed by atoms with E-state index in [-0.39, 0.29) is 29.2 Å². The summed E-state index contributed by atoms with van der Waals surface area (Å²) >= 11 is 5.39. The lowest BCUT2D eigenvalue weighted by Gasteiger charge is -2.52. The summed E-state index contributed by atoms with van der Waals surface area (Å²) in [5.74, 6) is -0.791. The number of thiocarbonyl (C=S) groups is 1. The average molecular weight is 451 g/mol. The SMILES string of the molecule is O=C1NC(=S)N(c2ccccc2)C(=O)[C@]12Cc1cc([N+](=O)[O-])ccc1N1CCCCC[C@H]12. The number of non-ortho nitro benzene ring substituents is 1. The van der Waals surface area contributed by atoms with Crippen LogP contribution in [-0.2, 0) is 16.0 Å². The van der Waals surface area contributed by atoms with E-state index in [0.29, 0.717) is 24.2 Å². The van der Waals surface area contributed by atoms with Gasteiger partial charge in [0.25, 0.3) is 11.6 Å². The zero-order valence-corrected chi connectivity index (χ0v) is 18.1. The average Bonchev–Trinajstić information content (AvgIpc) is 3.04. The van der Waals surface area contributed by atoms with E-state index in [1.807, 2.05) is 18.2 Å². The zero-order valence-electron chi connectivity index (χ0n) is 17.3. The predicted molar refractivity (Wildman–Crippen MR) is 124 cm³/mol. The monoisotopic (exact) mass is 450 g/mol. The molecular weight excluding hydrogens is 428 g/mol. The molecule has 9 heteroatoms. The van der Waals surface area contributed by atoms with Gasteiger partial charge < -0.3 is 10.2 Å². The number of fused-ring (bicyclic) bond motifs is 4. The number of anilines is 2. The number of para-hydroxylation sites is 1. The molecule has 0 bridgehead atoms. The van der Waals surface area contributed by atoms with Gasteiger partial charge in [-0.15, -0.1) is 0 Å². The number of nitrogens with zero attached hydrogens (tertiary/aromatic N) is 3. The Balaban J connectivity index is 1.69. The van der Waals surface area contributed by atoms with E-state index < -0.39 is 16.2 Å². The molecule has 164 valence electrons. The number of nitro benzene ring substituents is 1. The lowest BCUT2D eigenvalue weighted by atomic mass is 9.67. The fraction of sp³-hybridized carbons (Fsp3) is 0.348. The van der Waals surface area contributed by atoms with Crippen molar-refractivity contribution >= 4 is 46.2 Å². The highest BCUT2D eigenvalue weighted by Gasteiger charge is 2.61. The Morgan fingerprint density at radius 2 is 1.88 bits per heavy atom. The highest BCUT2D eigenvalue weighted by atomic mass is 32.1. The van der Waals surface area contributed by atoms with Crippen LogP contribution in [0.4, 0.5) is 17.1 Å². The van der Waals surface area contributed by atoms with Gasteiger partial charge in [-0.05, 0) is 48.8 Å². The highest BCUT2D eigenvalue weighted by Crippen LogP contribution is 2.48. The maximum atomic E-state index is 14.1. The van der Waals surface area contributed by atoms with Crippen molar-refractivity contribution in [3.63, 3.8) is 0 Å². The van der Waals surface area contributed by atoms with E-state index in [0.717, 1.165) is 24.9 Å². The first-order valence-corrected chi connectivity index (χ1v) is 11.1. The number of nitro groups is 1. The number of benzene rings is 2. The molecule has 1 N–H and O–H groups in total. The lowest BCUT2D eigenvalue weighted by molar-refractivity contribution is -0.384. The van der Waals surface area contributed by atoms with E-state index in [4.69, 9.17) is 12.2 Å². The van der Waals surface area contributed by atoms with E-state index in [1.165, 1.54) is 17.0 Å². The number of carbonyl (C=O) groups excluding carboxylic acids is 2. The minimum absolute atomic E-state index is 0.0497. The van der Waals surface area contributed by atoms with E-state index in [9.17, 15) is 19.7 Å². The topological polar surface area (TPSA) is 95.8 Å². The van der Waals surface area contributed by atoms with Crippen molar-refractivity contribution in [3.8, 4) is 0 Å². The standard InChI is InChI=1S/C23H22N4O4S/c28-20-23(21(29)26(22(32)24-20)16-7-3-1-4-8-16)14-15-13-17(27(30)31)10-11-18(15)25-12-6-2-5-9-19(23)25/h1,3-4,7-8,10-11,13,19H,2,5-6,9,12,14H2,(H,24,28,32)/t19-,23-/m0/s1. The molecule has 2 saturated heterocycles. The molecule has 2 fully saturated rings. The van der Waals surface area contributed by atoms with Crippen LogP contribution in [0, 0.1) is 15.5 Å². The molecule has 3 heterocycles. The number of hydrogen-bond acceptors (Lipinski definition) is 6. The van der Waals surface area contributed by atoms with Crippen LogP contribution in [0.25, 0.3) is 0 Å². The van der Waals surface area contributed by atoms with E-state index >= 15 is 0 Å². The van der Waals surface area contributed by atoms with Crippen LogP contribution in [0.5, 0.6) is 0 Å². The van der Waals surface area contributed by atoms with Crippen LogP contribution < -0.4 is 15.1 Å². The first kappa shape index (κ1) is 20.6. The third-order valence-electron chi connectivity index (χ3n) is 6.80. The van der Waals surface area contributed by atoms with Crippen molar-refractivity contribution < 1.29 is 14.5 Å². The van der Waals surface area contributed by atoms with Gasteiger partial charge in [0.15, 0.2) is 10.5 Å². The van der Waals surface area contributed by atoms with Gasteiger partial charge in [0.2, 0.25) is 5.91 Å². The van der Waals surface area contributed by atoms with E-state index in [2.05, 4.69) is 10.2 Å².